The van der Waals surface area contributed by atoms with Gasteiger partial charge in [-0.05, 0) is 37.0 Å². The van der Waals surface area contributed by atoms with E-state index in [1.54, 1.807) is 0 Å². The Balaban J connectivity index is 1.36. The highest BCUT2D eigenvalue weighted by molar-refractivity contribution is 5.99. The molecule has 0 bridgehead atoms. The first kappa shape index (κ1) is 18.5. The van der Waals surface area contributed by atoms with Gasteiger partial charge in [-0.3, -0.25) is 9.59 Å². The molecule has 1 unspecified atom stereocenters. The topological polar surface area (TPSA) is 52.7 Å². The summed E-state index contributed by atoms with van der Waals surface area (Å²) < 4.78 is 0. The van der Waals surface area contributed by atoms with Crippen LogP contribution in [0.3, 0.4) is 0 Å². The molecular formula is C23H27N3O2. The summed E-state index contributed by atoms with van der Waals surface area (Å²) in [4.78, 5) is 29.4. The zero-order chi connectivity index (χ0) is 19.3. The van der Waals surface area contributed by atoms with Crippen molar-refractivity contribution in [1.29, 1.82) is 0 Å². The zero-order valence-electron chi connectivity index (χ0n) is 16.1. The van der Waals surface area contributed by atoms with Crippen molar-refractivity contribution in [2.45, 2.75) is 25.7 Å². The van der Waals surface area contributed by atoms with E-state index in [1.165, 1.54) is 18.4 Å². The normalized spacial score (nSPS) is 19.3. The van der Waals surface area contributed by atoms with Gasteiger partial charge in [0.25, 0.3) is 0 Å². The Bertz CT molecular complexity index is 831. The molecule has 2 amide bonds. The lowest BCUT2D eigenvalue weighted by molar-refractivity contribution is -0.128. The van der Waals surface area contributed by atoms with Gasteiger partial charge in [-0.15, -0.1) is 0 Å². The number of rotatable bonds is 6. The molecule has 2 saturated heterocycles. The maximum absolute atomic E-state index is 12.8. The third-order valence-electron chi connectivity index (χ3n) is 5.71. The van der Waals surface area contributed by atoms with Crippen molar-refractivity contribution in [2.24, 2.45) is 5.92 Å². The largest absolute Gasteiger partial charge is 0.370 e. The monoisotopic (exact) mass is 377 g/mol. The maximum Gasteiger partial charge on any atom is 0.229 e. The second-order valence-corrected chi connectivity index (χ2v) is 7.68. The maximum atomic E-state index is 12.8. The molecule has 5 nitrogen and oxygen atoms in total. The highest BCUT2D eigenvalue weighted by Crippen LogP contribution is 2.30. The molecule has 2 aromatic carbocycles. The molecule has 2 aliphatic rings. The van der Waals surface area contributed by atoms with E-state index < -0.39 is 0 Å². The van der Waals surface area contributed by atoms with Crippen LogP contribution in [0.5, 0.6) is 0 Å². The van der Waals surface area contributed by atoms with Crippen LogP contribution in [0.1, 0.15) is 24.8 Å². The van der Waals surface area contributed by atoms with E-state index in [9.17, 15) is 9.59 Å². The number of nitrogens with one attached hydrogen (secondary N) is 1. The van der Waals surface area contributed by atoms with Crippen LogP contribution in [0.15, 0.2) is 54.6 Å². The van der Waals surface area contributed by atoms with Crippen molar-refractivity contribution in [2.75, 3.05) is 36.4 Å². The van der Waals surface area contributed by atoms with Crippen LogP contribution >= 0.6 is 0 Å². The van der Waals surface area contributed by atoms with E-state index >= 15 is 0 Å². The number of nitrogens with zero attached hydrogens (tertiary/aromatic N) is 2. The van der Waals surface area contributed by atoms with Gasteiger partial charge in [-0.2, -0.15) is 0 Å². The molecule has 146 valence electrons. The van der Waals surface area contributed by atoms with E-state index in [2.05, 4.69) is 28.4 Å². The Morgan fingerprint density at radius 3 is 2.50 bits per heavy atom. The summed E-state index contributed by atoms with van der Waals surface area (Å²) in [6, 6.07) is 18.1. The second-order valence-electron chi connectivity index (χ2n) is 7.68. The summed E-state index contributed by atoms with van der Waals surface area (Å²) in [7, 11) is 0. The average molecular weight is 377 g/mol. The summed E-state index contributed by atoms with van der Waals surface area (Å²) in [6.45, 7) is 3.23. The van der Waals surface area contributed by atoms with Crippen LogP contribution < -0.4 is 10.2 Å². The molecule has 2 heterocycles. The predicted molar refractivity (Wildman–Crippen MR) is 111 cm³/mol. The molecule has 4 rings (SSSR count). The SMILES string of the molecule is O=C(Nc1ccccc1N1CCCC1)C1CC(=O)N(CCc2ccccc2)C1. The van der Waals surface area contributed by atoms with Crippen LogP contribution in [0.2, 0.25) is 0 Å². The minimum atomic E-state index is -0.282. The van der Waals surface area contributed by atoms with E-state index in [1.807, 2.05) is 41.3 Å². The average Bonchev–Trinajstić information content (AvgIpc) is 3.38. The van der Waals surface area contributed by atoms with E-state index in [4.69, 9.17) is 0 Å². The Morgan fingerprint density at radius 2 is 1.71 bits per heavy atom. The van der Waals surface area contributed by atoms with Crippen LogP contribution in [0.4, 0.5) is 11.4 Å². The number of hydrogen-bond donors (Lipinski definition) is 1. The Morgan fingerprint density at radius 1 is 1.00 bits per heavy atom. The summed E-state index contributed by atoms with van der Waals surface area (Å²) in [6.07, 6.45) is 3.50. The number of anilines is 2. The quantitative estimate of drug-likeness (QED) is 0.840. The van der Waals surface area contributed by atoms with E-state index in [-0.39, 0.29) is 17.7 Å². The van der Waals surface area contributed by atoms with E-state index in [0.29, 0.717) is 19.5 Å². The summed E-state index contributed by atoms with van der Waals surface area (Å²) in [5, 5.41) is 3.08. The molecule has 0 aliphatic carbocycles. The minimum absolute atomic E-state index is 0.0535. The standard InChI is InChI=1S/C23H27N3O2/c27-22-16-19(17-26(22)15-12-18-8-2-1-3-9-18)23(28)24-20-10-4-5-11-21(20)25-13-6-7-14-25/h1-5,8-11,19H,6-7,12-17H2,(H,24,28). The predicted octanol–water partition coefficient (Wildman–Crippen LogP) is 3.32. The third-order valence-corrected chi connectivity index (χ3v) is 5.71. The van der Waals surface area contributed by atoms with Gasteiger partial charge in [0.05, 0.1) is 17.3 Å². The van der Waals surface area contributed by atoms with E-state index in [0.717, 1.165) is 30.9 Å². The number of hydrogen-bond acceptors (Lipinski definition) is 3. The van der Waals surface area contributed by atoms with Gasteiger partial charge in [-0.25, -0.2) is 0 Å². The highest BCUT2D eigenvalue weighted by Gasteiger charge is 2.34. The molecule has 0 saturated carbocycles. The lowest BCUT2D eigenvalue weighted by atomic mass is 10.1. The summed E-state index contributed by atoms with van der Waals surface area (Å²) >= 11 is 0. The van der Waals surface area contributed by atoms with Crippen molar-refractivity contribution < 1.29 is 9.59 Å². The fraction of sp³-hybridized carbons (Fsp3) is 0.391. The lowest BCUT2D eigenvalue weighted by Crippen LogP contribution is -2.30. The van der Waals surface area contributed by atoms with Crippen molar-refractivity contribution >= 4 is 23.2 Å². The van der Waals surface area contributed by atoms with Gasteiger partial charge in [0.2, 0.25) is 11.8 Å². The number of amides is 2. The van der Waals surface area contributed by atoms with Crippen LogP contribution in [0.25, 0.3) is 0 Å². The Hall–Kier alpha value is -2.82. The first-order chi connectivity index (χ1) is 13.7. The van der Waals surface area contributed by atoms with Gasteiger partial charge in [0, 0.05) is 32.6 Å². The van der Waals surface area contributed by atoms with Crippen LogP contribution in [-0.4, -0.2) is 42.9 Å². The second kappa shape index (κ2) is 8.46. The van der Waals surface area contributed by atoms with Crippen molar-refractivity contribution in [3.63, 3.8) is 0 Å². The molecule has 1 atom stereocenters. The highest BCUT2D eigenvalue weighted by atomic mass is 16.2. The number of carbonyl (C=O) groups excluding carboxylic acids is 2. The van der Waals surface area contributed by atoms with Crippen LogP contribution in [0, 0.1) is 5.92 Å². The molecule has 0 radical (unpaired) electrons. The van der Waals surface area contributed by atoms with Gasteiger partial charge < -0.3 is 15.1 Å². The van der Waals surface area contributed by atoms with Gasteiger partial charge in [0.15, 0.2) is 0 Å². The van der Waals surface area contributed by atoms with Gasteiger partial charge in [-0.1, -0.05) is 42.5 Å². The Kier molecular flexibility index (Phi) is 5.60. The zero-order valence-corrected chi connectivity index (χ0v) is 16.1. The summed E-state index contributed by atoms with van der Waals surface area (Å²) in [5.74, 6) is -0.263. The number of likely N-dealkylation sites (tertiary alicyclic amines) is 1. The molecule has 0 spiro atoms. The number of carbonyl (C=O) groups is 2. The van der Waals surface area contributed by atoms with Gasteiger partial charge in [0.1, 0.15) is 0 Å². The fourth-order valence-electron chi connectivity index (χ4n) is 4.12. The van der Waals surface area contributed by atoms with Crippen molar-refractivity contribution in [3.05, 3.63) is 60.2 Å². The van der Waals surface area contributed by atoms with Crippen molar-refractivity contribution in [1.82, 2.24) is 4.90 Å². The smallest absolute Gasteiger partial charge is 0.229 e. The number of benzene rings is 2. The molecule has 2 aromatic rings. The molecule has 1 N–H and O–H groups in total. The summed E-state index contributed by atoms with van der Waals surface area (Å²) in [5.41, 5.74) is 3.14. The molecule has 2 aliphatic heterocycles. The molecule has 2 fully saturated rings. The Labute approximate surface area is 166 Å². The molecule has 28 heavy (non-hydrogen) atoms. The van der Waals surface area contributed by atoms with Crippen molar-refractivity contribution in [3.8, 4) is 0 Å². The molecule has 0 aromatic heterocycles. The van der Waals surface area contributed by atoms with Crippen LogP contribution in [-0.2, 0) is 16.0 Å². The first-order valence-corrected chi connectivity index (χ1v) is 10.2. The fourth-order valence-corrected chi connectivity index (χ4v) is 4.12. The third kappa shape index (κ3) is 4.19. The number of para-hydroxylation sites is 2. The molecule has 5 heteroatoms. The first-order valence-electron chi connectivity index (χ1n) is 10.2. The minimum Gasteiger partial charge on any atom is -0.370 e. The van der Waals surface area contributed by atoms with Gasteiger partial charge >= 0.3 is 0 Å². The lowest BCUT2D eigenvalue weighted by Gasteiger charge is -2.22. The molecular weight excluding hydrogens is 350 g/mol.